The van der Waals surface area contributed by atoms with E-state index in [9.17, 15) is 9.59 Å². The standard InChI is InChI=1S/C24H23N5O2S/c1-29-9-8-20(14-29)23(31)26-13-22(30)28-24-27-21(15-32-24)19-7-3-6-18(11-19)17-5-2-4-16(10-17)12-25/h2-11,14-15H,12-13,25H2,1H3,(H,26,31)(H,27,28,30). The Morgan fingerprint density at radius 2 is 1.81 bits per heavy atom. The summed E-state index contributed by atoms with van der Waals surface area (Å²) < 4.78 is 1.77. The quantitative estimate of drug-likeness (QED) is 0.404. The fourth-order valence-electron chi connectivity index (χ4n) is 3.26. The van der Waals surface area contributed by atoms with Crippen molar-refractivity contribution in [1.82, 2.24) is 14.9 Å². The first-order valence-electron chi connectivity index (χ1n) is 10.1. The van der Waals surface area contributed by atoms with Crippen LogP contribution in [0.1, 0.15) is 15.9 Å². The Balaban J connectivity index is 1.40. The van der Waals surface area contributed by atoms with E-state index in [1.807, 2.05) is 42.8 Å². The van der Waals surface area contributed by atoms with Crippen molar-refractivity contribution >= 4 is 28.3 Å². The number of hydrogen-bond donors (Lipinski definition) is 3. The maximum absolute atomic E-state index is 12.2. The number of amides is 2. The molecule has 2 amide bonds. The van der Waals surface area contributed by atoms with Gasteiger partial charge in [0.15, 0.2) is 5.13 Å². The SMILES string of the molecule is Cn1ccc(C(=O)NCC(=O)Nc2nc(-c3cccc(-c4cccc(CN)c4)c3)cs2)c1. The molecule has 2 aromatic carbocycles. The number of rotatable bonds is 7. The van der Waals surface area contributed by atoms with Crippen molar-refractivity contribution < 1.29 is 9.59 Å². The van der Waals surface area contributed by atoms with E-state index >= 15 is 0 Å². The Hall–Kier alpha value is -3.75. The molecule has 2 aromatic heterocycles. The molecule has 4 aromatic rings. The number of nitrogens with zero attached hydrogens (tertiary/aromatic N) is 2. The average Bonchev–Trinajstić information content (AvgIpc) is 3.47. The molecule has 0 aliphatic carbocycles. The molecule has 0 unspecified atom stereocenters. The number of anilines is 1. The Morgan fingerprint density at radius 1 is 1.06 bits per heavy atom. The van der Waals surface area contributed by atoms with E-state index in [-0.39, 0.29) is 18.4 Å². The lowest BCUT2D eigenvalue weighted by molar-refractivity contribution is -0.115. The molecule has 162 valence electrons. The summed E-state index contributed by atoms with van der Waals surface area (Å²) in [4.78, 5) is 28.8. The van der Waals surface area contributed by atoms with Crippen molar-refractivity contribution in [3.05, 3.63) is 83.5 Å². The van der Waals surface area contributed by atoms with Crippen molar-refractivity contribution in [2.45, 2.75) is 6.54 Å². The lowest BCUT2D eigenvalue weighted by Gasteiger charge is -2.06. The van der Waals surface area contributed by atoms with Crippen molar-refractivity contribution in [1.29, 1.82) is 0 Å². The Bertz CT molecular complexity index is 1260. The van der Waals surface area contributed by atoms with E-state index < -0.39 is 0 Å². The maximum atomic E-state index is 12.2. The molecule has 0 aliphatic rings. The molecule has 32 heavy (non-hydrogen) atoms. The molecule has 0 atom stereocenters. The second kappa shape index (κ2) is 9.59. The van der Waals surface area contributed by atoms with Crippen LogP contribution in [-0.4, -0.2) is 27.9 Å². The predicted octanol–water partition coefficient (Wildman–Crippen LogP) is 3.64. The van der Waals surface area contributed by atoms with Gasteiger partial charge < -0.3 is 20.9 Å². The number of aryl methyl sites for hydroxylation is 1. The molecule has 0 aliphatic heterocycles. The summed E-state index contributed by atoms with van der Waals surface area (Å²) in [5, 5.41) is 7.73. The van der Waals surface area contributed by atoms with E-state index in [4.69, 9.17) is 5.73 Å². The minimum absolute atomic E-state index is 0.129. The molecule has 8 heteroatoms. The molecule has 0 bridgehead atoms. The number of carbonyl (C=O) groups is 2. The van der Waals surface area contributed by atoms with Crippen LogP contribution in [0.2, 0.25) is 0 Å². The number of aromatic nitrogens is 2. The lowest BCUT2D eigenvalue weighted by Crippen LogP contribution is -2.32. The fourth-order valence-corrected chi connectivity index (χ4v) is 4.00. The number of carbonyl (C=O) groups excluding carboxylic acids is 2. The van der Waals surface area contributed by atoms with Gasteiger partial charge in [0.2, 0.25) is 5.91 Å². The second-order valence-electron chi connectivity index (χ2n) is 7.32. The van der Waals surface area contributed by atoms with E-state index in [1.54, 1.807) is 23.0 Å². The normalized spacial score (nSPS) is 10.7. The minimum Gasteiger partial charge on any atom is -0.356 e. The first-order valence-corrected chi connectivity index (χ1v) is 10.9. The highest BCUT2D eigenvalue weighted by molar-refractivity contribution is 7.14. The number of benzene rings is 2. The van der Waals surface area contributed by atoms with Crippen LogP contribution >= 0.6 is 11.3 Å². The monoisotopic (exact) mass is 445 g/mol. The molecule has 2 heterocycles. The zero-order valence-corrected chi connectivity index (χ0v) is 18.4. The van der Waals surface area contributed by atoms with Gasteiger partial charge in [0.25, 0.3) is 5.91 Å². The lowest BCUT2D eigenvalue weighted by atomic mass is 10.0. The van der Waals surface area contributed by atoms with Gasteiger partial charge in [0.1, 0.15) is 0 Å². The minimum atomic E-state index is -0.331. The highest BCUT2D eigenvalue weighted by Crippen LogP contribution is 2.29. The summed E-state index contributed by atoms with van der Waals surface area (Å²) in [6.45, 7) is 0.365. The number of nitrogens with two attached hydrogens (primary N) is 1. The van der Waals surface area contributed by atoms with Crippen LogP contribution in [-0.2, 0) is 18.4 Å². The third-order valence-electron chi connectivity index (χ3n) is 4.91. The Kier molecular flexibility index (Phi) is 6.44. The van der Waals surface area contributed by atoms with E-state index in [1.165, 1.54) is 11.3 Å². The van der Waals surface area contributed by atoms with Gasteiger partial charge in [0, 0.05) is 36.9 Å². The molecular formula is C24H23N5O2S. The van der Waals surface area contributed by atoms with Gasteiger partial charge in [-0.1, -0.05) is 36.4 Å². The fraction of sp³-hybridized carbons (Fsp3) is 0.125. The maximum Gasteiger partial charge on any atom is 0.253 e. The van der Waals surface area contributed by atoms with Gasteiger partial charge in [-0.25, -0.2) is 4.98 Å². The highest BCUT2D eigenvalue weighted by Gasteiger charge is 2.12. The number of nitrogens with one attached hydrogen (secondary N) is 2. The largest absolute Gasteiger partial charge is 0.356 e. The molecule has 7 nitrogen and oxygen atoms in total. The van der Waals surface area contributed by atoms with Gasteiger partial charge >= 0.3 is 0 Å². The van der Waals surface area contributed by atoms with E-state index in [2.05, 4.69) is 33.8 Å². The molecule has 4 rings (SSSR count). The first-order chi connectivity index (χ1) is 15.5. The molecule has 0 spiro atoms. The Labute approximate surface area is 189 Å². The predicted molar refractivity (Wildman–Crippen MR) is 127 cm³/mol. The molecule has 0 saturated heterocycles. The van der Waals surface area contributed by atoms with Crippen LogP contribution in [0.3, 0.4) is 0 Å². The van der Waals surface area contributed by atoms with Crippen molar-refractivity contribution in [2.24, 2.45) is 12.8 Å². The number of hydrogen-bond acceptors (Lipinski definition) is 5. The van der Waals surface area contributed by atoms with E-state index in [0.29, 0.717) is 17.2 Å². The average molecular weight is 446 g/mol. The summed E-state index contributed by atoms with van der Waals surface area (Å²) in [6.07, 6.45) is 3.47. The van der Waals surface area contributed by atoms with Gasteiger partial charge in [-0.2, -0.15) is 0 Å². The molecule has 0 fully saturated rings. The van der Waals surface area contributed by atoms with Crippen LogP contribution < -0.4 is 16.4 Å². The first kappa shape index (κ1) is 21.5. The van der Waals surface area contributed by atoms with Crippen LogP contribution in [0.15, 0.2) is 72.4 Å². The smallest absolute Gasteiger partial charge is 0.253 e. The van der Waals surface area contributed by atoms with Gasteiger partial charge in [-0.05, 0) is 34.9 Å². The molecule has 4 N–H and O–H groups in total. The highest BCUT2D eigenvalue weighted by atomic mass is 32.1. The van der Waals surface area contributed by atoms with Gasteiger partial charge in [-0.3, -0.25) is 9.59 Å². The van der Waals surface area contributed by atoms with Gasteiger partial charge in [0.05, 0.1) is 17.8 Å². The molecular weight excluding hydrogens is 422 g/mol. The van der Waals surface area contributed by atoms with Crippen LogP contribution in [0.5, 0.6) is 0 Å². The summed E-state index contributed by atoms with van der Waals surface area (Å²) in [5.74, 6) is -0.626. The van der Waals surface area contributed by atoms with Crippen LogP contribution in [0.4, 0.5) is 5.13 Å². The second-order valence-corrected chi connectivity index (χ2v) is 8.18. The van der Waals surface area contributed by atoms with Gasteiger partial charge in [-0.15, -0.1) is 11.3 Å². The summed E-state index contributed by atoms with van der Waals surface area (Å²) in [5.41, 5.74) is 11.2. The number of thiazole rings is 1. The van der Waals surface area contributed by atoms with Crippen LogP contribution in [0.25, 0.3) is 22.4 Å². The van der Waals surface area contributed by atoms with Crippen molar-refractivity contribution in [3.63, 3.8) is 0 Å². The Morgan fingerprint density at radius 3 is 2.56 bits per heavy atom. The van der Waals surface area contributed by atoms with Crippen molar-refractivity contribution in [3.8, 4) is 22.4 Å². The summed E-state index contributed by atoms with van der Waals surface area (Å²) >= 11 is 1.34. The molecule has 0 radical (unpaired) electrons. The zero-order chi connectivity index (χ0) is 22.5. The van der Waals surface area contributed by atoms with E-state index in [0.717, 1.165) is 27.9 Å². The third-order valence-corrected chi connectivity index (χ3v) is 5.67. The van der Waals surface area contributed by atoms with Crippen molar-refractivity contribution in [2.75, 3.05) is 11.9 Å². The third kappa shape index (κ3) is 5.11. The summed E-state index contributed by atoms with van der Waals surface area (Å²) in [6, 6.07) is 17.9. The zero-order valence-electron chi connectivity index (χ0n) is 17.5. The molecule has 0 saturated carbocycles. The topological polar surface area (TPSA) is 102 Å². The van der Waals surface area contributed by atoms with Crippen LogP contribution in [0, 0.1) is 0 Å². The summed E-state index contributed by atoms with van der Waals surface area (Å²) in [7, 11) is 1.83.